The van der Waals surface area contributed by atoms with Gasteiger partial charge in [-0.3, -0.25) is 4.79 Å². The number of likely N-dealkylation sites (tertiary alicyclic amines) is 1. The van der Waals surface area contributed by atoms with Crippen LogP contribution in [-0.4, -0.2) is 23.0 Å². The molecule has 0 saturated carbocycles. The molecule has 0 N–H and O–H groups in total. The van der Waals surface area contributed by atoms with Crippen molar-refractivity contribution in [1.29, 1.82) is 0 Å². The predicted molar refractivity (Wildman–Crippen MR) is 110 cm³/mol. The minimum absolute atomic E-state index is 0.0200. The van der Waals surface area contributed by atoms with Gasteiger partial charge in [-0.05, 0) is 61.9 Å². The fourth-order valence-corrected chi connectivity index (χ4v) is 3.84. The summed E-state index contributed by atoms with van der Waals surface area (Å²) in [6.45, 7) is 8.36. The molecular formula is C23H27ClFNO2. The Bertz CT molecular complexity index is 848. The lowest BCUT2D eigenvalue weighted by Gasteiger charge is -2.34. The molecule has 0 aliphatic carbocycles. The van der Waals surface area contributed by atoms with Crippen LogP contribution in [0.2, 0.25) is 5.02 Å². The lowest BCUT2D eigenvalue weighted by Crippen LogP contribution is -2.48. The zero-order valence-electron chi connectivity index (χ0n) is 16.8. The second-order valence-corrected chi connectivity index (χ2v) is 8.60. The normalized spacial score (nSPS) is 17.2. The first-order valence-corrected chi connectivity index (χ1v) is 10.1. The van der Waals surface area contributed by atoms with Gasteiger partial charge in [-0.15, -0.1) is 0 Å². The molecule has 28 heavy (non-hydrogen) atoms. The van der Waals surface area contributed by atoms with Crippen LogP contribution >= 0.6 is 11.6 Å². The predicted octanol–water partition coefficient (Wildman–Crippen LogP) is 6.12. The third-order valence-corrected chi connectivity index (χ3v) is 5.51. The van der Waals surface area contributed by atoms with E-state index in [1.807, 2.05) is 4.90 Å². The van der Waals surface area contributed by atoms with E-state index in [2.05, 4.69) is 38.1 Å². The number of hydrogen-bond donors (Lipinski definition) is 0. The second-order valence-electron chi connectivity index (χ2n) is 8.17. The Morgan fingerprint density at radius 1 is 1.21 bits per heavy atom. The molecule has 0 radical (unpaired) electrons. The van der Waals surface area contributed by atoms with Crippen LogP contribution in [0.4, 0.5) is 4.39 Å². The van der Waals surface area contributed by atoms with Crippen LogP contribution in [0, 0.1) is 5.82 Å². The fraction of sp³-hybridized carbons (Fsp3) is 0.435. The summed E-state index contributed by atoms with van der Waals surface area (Å²) in [4.78, 5) is 15.1. The Kier molecular flexibility index (Phi) is 5.99. The number of amides is 1. The highest BCUT2D eigenvalue weighted by Crippen LogP contribution is 2.35. The topological polar surface area (TPSA) is 29.5 Å². The standard InChI is InChI=1S/C23H27ClFNO2/c1-15(2)16-7-9-17(10-8-16)20-6-5-13-26(20)22(27)23(3,4)28-21-12-11-18(24)14-19(21)25/h7-12,14-15,20H,5-6,13H2,1-4H3. The highest BCUT2D eigenvalue weighted by molar-refractivity contribution is 6.30. The van der Waals surface area contributed by atoms with Crippen LogP contribution in [0.25, 0.3) is 0 Å². The maximum absolute atomic E-state index is 14.1. The van der Waals surface area contributed by atoms with E-state index in [1.54, 1.807) is 19.9 Å². The lowest BCUT2D eigenvalue weighted by atomic mass is 9.97. The third-order valence-electron chi connectivity index (χ3n) is 5.28. The van der Waals surface area contributed by atoms with E-state index in [4.69, 9.17) is 16.3 Å². The van der Waals surface area contributed by atoms with E-state index >= 15 is 0 Å². The molecule has 1 saturated heterocycles. The van der Waals surface area contributed by atoms with Gasteiger partial charge in [-0.1, -0.05) is 49.7 Å². The number of benzene rings is 2. The number of carbonyl (C=O) groups is 1. The average molecular weight is 404 g/mol. The molecule has 150 valence electrons. The number of rotatable bonds is 5. The first kappa shape index (κ1) is 20.7. The Balaban J connectivity index is 1.79. The maximum atomic E-state index is 14.1. The Labute approximate surface area is 171 Å². The van der Waals surface area contributed by atoms with Gasteiger partial charge in [0.1, 0.15) is 0 Å². The summed E-state index contributed by atoms with van der Waals surface area (Å²) in [6.07, 6.45) is 1.85. The summed E-state index contributed by atoms with van der Waals surface area (Å²) >= 11 is 5.80. The lowest BCUT2D eigenvalue weighted by molar-refractivity contribution is -0.146. The zero-order chi connectivity index (χ0) is 20.5. The molecule has 3 rings (SSSR count). The van der Waals surface area contributed by atoms with E-state index in [0.29, 0.717) is 17.5 Å². The molecule has 5 heteroatoms. The van der Waals surface area contributed by atoms with Crippen LogP contribution in [0.3, 0.4) is 0 Å². The van der Waals surface area contributed by atoms with E-state index in [0.717, 1.165) is 18.4 Å². The van der Waals surface area contributed by atoms with Crippen molar-refractivity contribution in [3.8, 4) is 5.75 Å². The molecule has 1 fully saturated rings. The molecule has 0 spiro atoms. The Hall–Kier alpha value is -2.07. The van der Waals surface area contributed by atoms with Gasteiger partial charge in [-0.2, -0.15) is 0 Å². The number of carbonyl (C=O) groups excluding carboxylic acids is 1. The summed E-state index contributed by atoms with van der Waals surface area (Å²) in [5.74, 6) is -0.218. The first-order chi connectivity index (χ1) is 13.2. The average Bonchev–Trinajstić information content (AvgIpc) is 3.13. The molecule has 3 nitrogen and oxygen atoms in total. The molecule has 1 unspecified atom stereocenters. The van der Waals surface area contributed by atoms with E-state index in [9.17, 15) is 9.18 Å². The summed E-state index contributed by atoms with van der Waals surface area (Å²) in [7, 11) is 0. The van der Waals surface area contributed by atoms with E-state index in [-0.39, 0.29) is 17.7 Å². The molecule has 1 aliphatic rings. The molecule has 1 aliphatic heterocycles. The zero-order valence-corrected chi connectivity index (χ0v) is 17.6. The molecule has 2 aromatic carbocycles. The van der Waals surface area contributed by atoms with E-state index < -0.39 is 11.4 Å². The first-order valence-electron chi connectivity index (χ1n) is 9.74. The largest absolute Gasteiger partial charge is 0.475 e. The number of halogens is 2. The van der Waals surface area contributed by atoms with Crippen molar-refractivity contribution in [3.63, 3.8) is 0 Å². The van der Waals surface area contributed by atoms with Gasteiger partial charge in [0.2, 0.25) is 0 Å². The molecule has 0 aromatic heterocycles. The molecule has 1 atom stereocenters. The summed E-state index contributed by atoms with van der Waals surface area (Å²) in [5, 5.41) is 0.290. The monoisotopic (exact) mass is 403 g/mol. The minimum atomic E-state index is -1.19. The van der Waals surface area contributed by atoms with Crippen LogP contribution in [0.5, 0.6) is 5.75 Å². The molecule has 0 bridgehead atoms. The quantitative estimate of drug-likeness (QED) is 0.601. The van der Waals surface area contributed by atoms with Gasteiger partial charge in [0.25, 0.3) is 5.91 Å². The van der Waals surface area contributed by atoms with Crippen LogP contribution in [0.15, 0.2) is 42.5 Å². The Morgan fingerprint density at radius 3 is 2.50 bits per heavy atom. The van der Waals surface area contributed by atoms with Gasteiger partial charge in [-0.25, -0.2) is 4.39 Å². The van der Waals surface area contributed by atoms with E-state index in [1.165, 1.54) is 17.7 Å². The van der Waals surface area contributed by atoms with Crippen molar-refractivity contribution in [2.45, 2.75) is 58.1 Å². The number of hydrogen-bond acceptors (Lipinski definition) is 2. The Morgan fingerprint density at radius 2 is 1.89 bits per heavy atom. The van der Waals surface area contributed by atoms with Crippen LogP contribution < -0.4 is 4.74 Å². The highest BCUT2D eigenvalue weighted by atomic mass is 35.5. The van der Waals surface area contributed by atoms with Crippen molar-refractivity contribution in [3.05, 3.63) is 64.4 Å². The third kappa shape index (κ3) is 4.33. The molecule has 1 heterocycles. The van der Waals surface area contributed by atoms with Crippen LogP contribution in [-0.2, 0) is 4.79 Å². The summed E-state index contributed by atoms with van der Waals surface area (Å²) < 4.78 is 19.9. The minimum Gasteiger partial charge on any atom is -0.475 e. The van der Waals surface area contributed by atoms with Gasteiger partial charge >= 0.3 is 0 Å². The molecule has 2 aromatic rings. The van der Waals surface area contributed by atoms with Crippen molar-refractivity contribution in [1.82, 2.24) is 4.90 Å². The fourth-order valence-electron chi connectivity index (χ4n) is 3.68. The SMILES string of the molecule is CC(C)c1ccc(C2CCCN2C(=O)C(C)(C)Oc2ccc(Cl)cc2F)cc1. The highest BCUT2D eigenvalue weighted by Gasteiger charge is 2.40. The number of nitrogens with zero attached hydrogens (tertiary/aromatic N) is 1. The van der Waals surface area contributed by atoms with Gasteiger partial charge in [0.15, 0.2) is 17.2 Å². The van der Waals surface area contributed by atoms with Gasteiger partial charge < -0.3 is 9.64 Å². The smallest absolute Gasteiger partial charge is 0.266 e. The molecular weight excluding hydrogens is 377 g/mol. The second kappa shape index (κ2) is 8.12. The van der Waals surface area contributed by atoms with Crippen molar-refractivity contribution >= 4 is 17.5 Å². The summed E-state index contributed by atoms with van der Waals surface area (Å²) in [6, 6.07) is 12.7. The van der Waals surface area contributed by atoms with Crippen molar-refractivity contribution in [2.24, 2.45) is 0 Å². The number of ether oxygens (including phenoxy) is 1. The van der Waals surface area contributed by atoms with Gasteiger partial charge in [0, 0.05) is 11.6 Å². The molecule has 1 amide bonds. The summed E-state index contributed by atoms with van der Waals surface area (Å²) in [5.41, 5.74) is 1.22. The van der Waals surface area contributed by atoms with Crippen LogP contribution in [0.1, 0.15) is 63.6 Å². The van der Waals surface area contributed by atoms with Crippen molar-refractivity contribution in [2.75, 3.05) is 6.54 Å². The van der Waals surface area contributed by atoms with Crippen molar-refractivity contribution < 1.29 is 13.9 Å². The van der Waals surface area contributed by atoms with Gasteiger partial charge in [0.05, 0.1) is 6.04 Å². The maximum Gasteiger partial charge on any atom is 0.266 e.